The number of carbonyl (C=O) groups excluding carboxylic acids is 1. The van der Waals surface area contributed by atoms with Crippen molar-refractivity contribution in [1.82, 2.24) is 14.8 Å². The molecule has 0 spiro atoms. The number of aromatic nitrogens is 3. The molecule has 2 aromatic heterocycles. The zero-order chi connectivity index (χ0) is 20.5. The van der Waals surface area contributed by atoms with Crippen LogP contribution < -0.4 is 14.8 Å². The fourth-order valence-corrected chi connectivity index (χ4v) is 4.99. The van der Waals surface area contributed by atoms with Gasteiger partial charge in [0.25, 0.3) is 0 Å². The highest BCUT2D eigenvalue weighted by atomic mass is 32.2. The second-order valence-corrected chi connectivity index (χ2v) is 9.70. The molecule has 2 aliphatic rings. The number of amides is 1. The number of thiophene rings is 1. The second kappa shape index (κ2) is 8.31. The molecule has 156 valence electrons. The molecule has 1 fully saturated rings. The zero-order valence-corrected chi connectivity index (χ0v) is 18.2. The molecular formula is C21H22N4O3S2. The third-order valence-corrected chi connectivity index (χ3v) is 6.95. The Morgan fingerprint density at radius 2 is 2.10 bits per heavy atom. The van der Waals surface area contributed by atoms with Gasteiger partial charge < -0.3 is 19.4 Å². The van der Waals surface area contributed by atoms with Gasteiger partial charge in [-0.15, -0.1) is 21.5 Å². The quantitative estimate of drug-likeness (QED) is 0.554. The van der Waals surface area contributed by atoms with Crippen molar-refractivity contribution >= 4 is 34.7 Å². The number of ether oxygens (including phenoxy) is 2. The Balaban J connectivity index is 1.27. The van der Waals surface area contributed by atoms with E-state index in [1.807, 2.05) is 19.1 Å². The van der Waals surface area contributed by atoms with E-state index in [9.17, 15) is 4.79 Å². The van der Waals surface area contributed by atoms with Crippen LogP contribution in [-0.2, 0) is 11.2 Å². The molecule has 1 saturated carbocycles. The fraction of sp³-hybridized carbons (Fsp3) is 0.381. The van der Waals surface area contributed by atoms with Gasteiger partial charge in [-0.2, -0.15) is 0 Å². The summed E-state index contributed by atoms with van der Waals surface area (Å²) in [5.74, 6) is 2.26. The Bertz CT molecular complexity index is 1050. The summed E-state index contributed by atoms with van der Waals surface area (Å²) in [7, 11) is 0. The van der Waals surface area contributed by atoms with Crippen LogP contribution in [0.15, 0.2) is 40.9 Å². The molecule has 1 aliphatic heterocycles. The van der Waals surface area contributed by atoms with Gasteiger partial charge in [-0.3, -0.25) is 4.79 Å². The lowest BCUT2D eigenvalue weighted by Gasteiger charge is -2.19. The topological polar surface area (TPSA) is 78.3 Å². The molecule has 1 N–H and O–H groups in total. The maximum atomic E-state index is 12.8. The Morgan fingerprint density at radius 3 is 2.87 bits per heavy atom. The van der Waals surface area contributed by atoms with Crippen LogP contribution in [0.25, 0.3) is 0 Å². The number of nitrogens with zero attached hydrogens (tertiary/aromatic N) is 3. The van der Waals surface area contributed by atoms with Crippen molar-refractivity contribution in [2.75, 3.05) is 18.5 Å². The minimum Gasteiger partial charge on any atom is -0.486 e. The summed E-state index contributed by atoms with van der Waals surface area (Å²) in [5, 5.41) is 14.4. The van der Waals surface area contributed by atoms with Crippen LogP contribution in [0.4, 0.5) is 5.69 Å². The molecule has 0 unspecified atom stereocenters. The third kappa shape index (κ3) is 4.17. The number of hydrogen-bond acceptors (Lipinski definition) is 7. The molecule has 7 nitrogen and oxygen atoms in total. The first-order valence-electron chi connectivity index (χ1n) is 10.0. The largest absolute Gasteiger partial charge is 0.486 e. The molecule has 1 atom stereocenters. The lowest BCUT2D eigenvalue weighted by Crippen LogP contribution is -2.23. The molecule has 5 rings (SSSR count). The predicted octanol–water partition coefficient (Wildman–Crippen LogP) is 4.16. The van der Waals surface area contributed by atoms with E-state index in [0.29, 0.717) is 36.4 Å². The van der Waals surface area contributed by atoms with E-state index >= 15 is 0 Å². The van der Waals surface area contributed by atoms with Gasteiger partial charge >= 0.3 is 0 Å². The van der Waals surface area contributed by atoms with Crippen molar-refractivity contribution in [3.63, 3.8) is 0 Å². The number of hydrogen-bond donors (Lipinski definition) is 1. The summed E-state index contributed by atoms with van der Waals surface area (Å²) >= 11 is 3.18. The van der Waals surface area contributed by atoms with Crippen LogP contribution in [0.5, 0.6) is 11.5 Å². The molecule has 1 aliphatic carbocycles. The van der Waals surface area contributed by atoms with E-state index in [4.69, 9.17) is 9.47 Å². The van der Waals surface area contributed by atoms with Crippen molar-refractivity contribution in [2.24, 2.45) is 0 Å². The van der Waals surface area contributed by atoms with Crippen LogP contribution in [0, 0.1) is 0 Å². The zero-order valence-electron chi connectivity index (χ0n) is 16.5. The van der Waals surface area contributed by atoms with Crippen molar-refractivity contribution in [3.8, 4) is 11.5 Å². The molecular weight excluding hydrogens is 420 g/mol. The second-order valence-electron chi connectivity index (χ2n) is 7.36. The highest BCUT2D eigenvalue weighted by Gasteiger charge is 2.31. The van der Waals surface area contributed by atoms with Gasteiger partial charge in [0.15, 0.2) is 16.7 Å². The third-order valence-electron chi connectivity index (χ3n) is 5.02. The Morgan fingerprint density at radius 1 is 1.27 bits per heavy atom. The van der Waals surface area contributed by atoms with Gasteiger partial charge in [0.05, 0.1) is 5.25 Å². The number of carbonyl (C=O) groups is 1. The number of anilines is 1. The lowest BCUT2D eigenvalue weighted by molar-refractivity contribution is -0.115. The standard InChI is InChI=1S/C21H22N4O3S2/c1-13(20(26)22-14-4-7-17-18(11-14)28-9-8-27-17)30-21-24-23-19(25(21)15-5-6-15)12-16-3-2-10-29-16/h2-4,7,10-11,13,15H,5-6,8-9,12H2,1H3,(H,22,26)/t13-/m0/s1. The average molecular weight is 443 g/mol. The molecule has 9 heteroatoms. The van der Waals surface area contributed by atoms with E-state index in [-0.39, 0.29) is 11.2 Å². The van der Waals surface area contributed by atoms with Crippen molar-refractivity contribution in [1.29, 1.82) is 0 Å². The first-order chi connectivity index (χ1) is 14.7. The van der Waals surface area contributed by atoms with Gasteiger partial charge in [0.1, 0.15) is 19.0 Å². The predicted molar refractivity (Wildman–Crippen MR) is 117 cm³/mol. The summed E-state index contributed by atoms with van der Waals surface area (Å²) < 4.78 is 13.3. The maximum absolute atomic E-state index is 12.8. The highest BCUT2D eigenvalue weighted by Crippen LogP contribution is 2.40. The minimum absolute atomic E-state index is 0.0816. The van der Waals surface area contributed by atoms with Gasteiger partial charge in [-0.1, -0.05) is 17.8 Å². The van der Waals surface area contributed by atoms with Gasteiger partial charge in [0.2, 0.25) is 5.91 Å². The highest BCUT2D eigenvalue weighted by molar-refractivity contribution is 8.00. The molecule has 3 heterocycles. The molecule has 3 aromatic rings. The molecule has 0 bridgehead atoms. The van der Waals surface area contributed by atoms with Crippen LogP contribution >= 0.6 is 23.1 Å². The van der Waals surface area contributed by atoms with Crippen LogP contribution in [0.2, 0.25) is 0 Å². The first-order valence-corrected chi connectivity index (χ1v) is 11.8. The van der Waals surface area contributed by atoms with E-state index < -0.39 is 0 Å². The normalized spacial score (nSPS) is 16.3. The van der Waals surface area contributed by atoms with Crippen molar-refractivity contribution in [2.45, 2.75) is 42.6 Å². The molecule has 30 heavy (non-hydrogen) atoms. The van der Waals surface area contributed by atoms with E-state index in [1.54, 1.807) is 17.4 Å². The average Bonchev–Trinajstić information content (AvgIpc) is 3.31. The summed E-state index contributed by atoms with van der Waals surface area (Å²) in [6.07, 6.45) is 3.06. The van der Waals surface area contributed by atoms with Gasteiger partial charge in [-0.25, -0.2) is 0 Å². The number of nitrogens with one attached hydrogen (secondary N) is 1. The van der Waals surface area contributed by atoms with Crippen LogP contribution in [0.1, 0.15) is 36.5 Å². The van der Waals surface area contributed by atoms with Crippen LogP contribution in [-0.4, -0.2) is 39.1 Å². The van der Waals surface area contributed by atoms with E-state index in [0.717, 1.165) is 30.2 Å². The number of rotatable bonds is 7. The monoisotopic (exact) mass is 442 g/mol. The van der Waals surface area contributed by atoms with Gasteiger partial charge in [-0.05, 0) is 43.3 Å². The lowest BCUT2D eigenvalue weighted by atomic mass is 10.2. The summed E-state index contributed by atoms with van der Waals surface area (Å²) in [6, 6.07) is 10.1. The smallest absolute Gasteiger partial charge is 0.237 e. The van der Waals surface area contributed by atoms with E-state index in [2.05, 4.69) is 37.6 Å². The molecule has 1 aromatic carbocycles. The fourth-order valence-electron chi connectivity index (χ4n) is 3.35. The van der Waals surface area contributed by atoms with Gasteiger partial charge in [0, 0.05) is 29.1 Å². The Kier molecular flexibility index (Phi) is 5.39. The summed E-state index contributed by atoms with van der Waals surface area (Å²) in [5.41, 5.74) is 0.693. The van der Waals surface area contributed by atoms with Crippen molar-refractivity contribution in [3.05, 3.63) is 46.4 Å². The number of fused-ring (bicyclic) bond motifs is 1. The molecule has 0 radical (unpaired) electrons. The summed E-state index contributed by atoms with van der Waals surface area (Å²) in [4.78, 5) is 14.1. The molecule has 0 saturated heterocycles. The number of benzene rings is 1. The van der Waals surface area contributed by atoms with E-state index in [1.165, 1.54) is 16.6 Å². The molecule has 1 amide bonds. The maximum Gasteiger partial charge on any atom is 0.237 e. The number of thioether (sulfide) groups is 1. The summed E-state index contributed by atoms with van der Waals surface area (Å²) in [6.45, 7) is 2.95. The first kappa shape index (κ1) is 19.4. The Hall–Kier alpha value is -2.52. The Labute approximate surface area is 182 Å². The van der Waals surface area contributed by atoms with Crippen LogP contribution in [0.3, 0.4) is 0 Å². The SMILES string of the molecule is C[C@H](Sc1nnc(Cc2cccs2)n1C1CC1)C(=O)Nc1ccc2c(c1)OCCO2. The minimum atomic E-state index is -0.311. The van der Waals surface area contributed by atoms with Crippen molar-refractivity contribution < 1.29 is 14.3 Å².